The number of hydrogen-bond acceptors (Lipinski definition) is 2. The van der Waals surface area contributed by atoms with Gasteiger partial charge in [0.1, 0.15) is 5.82 Å². The van der Waals surface area contributed by atoms with Crippen molar-refractivity contribution >= 4 is 0 Å². The topological polar surface area (TPSA) is 29.3 Å². The molecule has 1 aromatic carbocycles. The van der Waals surface area contributed by atoms with Crippen molar-refractivity contribution in [2.75, 3.05) is 20.6 Å². The zero-order valence-corrected chi connectivity index (χ0v) is 10.5. The van der Waals surface area contributed by atoms with E-state index < -0.39 is 5.54 Å². The fourth-order valence-electron chi connectivity index (χ4n) is 1.89. The summed E-state index contributed by atoms with van der Waals surface area (Å²) in [5.74, 6) is 0.0695. The van der Waals surface area contributed by atoms with Gasteiger partial charge in [-0.1, -0.05) is 26.0 Å². The lowest BCUT2D eigenvalue weighted by molar-refractivity contribution is 0.224. The number of likely N-dealkylation sites (N-methyl/N-ethyl adjacent to an activating group) is 1. The van der Waals surface area contributed by atoms with Crippen LogP contribution in [0.5, 0.6) is 0 Å². The van der Waals surface area contributed by atoms with Crippen LogP contribution in [0.4, 0.5) is 4.39 Å². The van der Waals surface area contributed by atoms with E-state index in [-0.39, 0.29) is 5.82 Å². The second-order valence-corrected chi connectivity index (χ2v) is 4.94. The lowest BCUT2D eigenvalue weighted by Crippen LogP contribution is -2.49. The fraction of sp³-hybridized carbons (Fsp3) is 0.538. The molecule has 0 bridgehead atoms. The van der Waals surface area contributed by atoms with Gasteiger partial charge in [0.15, 0.2) is 0 Å². The molecule has 2 nitrogen and oxygen atoms in total. The Morgan fingerprint density at radius 1 is 1.25 bits per heavy atom. The second kappa shape index (κ2) is 4.93. The third kappa shape index (κ3) is 2.80. The van der Waals surface area contributed by atoms with Crippen LogP contribution in [-0.2, 0) is 5.54 Å². The van der Waals surface area contributed by atoms with Crippen LogP contribution in [0.2, 0.25) is 0 Å². The van der Waals surface area contributed by atoms with Crippen LogP contribution in [0.25, 0.3) is 0 Å². The first-order chi connectivity index (χ1) is 7.36. The van der Waals surface area contributed by atoms with E-state index >= 15 is 0 Å². The molecule has 16 heavy (non-hydrogen) atoms. The van der Waals surface area contributed by atoms with Crippen LogP contribution in [0, 0.1) is 11.7 Å². The number of nitrogens with zero attached hydrogens (tertiary/aromatic N) is 1. The van der Waals surface area contributed by atoms with Crippen molar-refractivity contribution in [3.8, 4) is 0 Å². The highest BCUT2D eigenvalue weighted by Gasteiger charge is 2.31. The molecule has 1 rings (SSSR count). The fourth-order valence-corrected chi connectivity index (χ4v) is 1.89. The predicted octanol–water partition coefficient (Wildman–Crippen LogP) is 2.20. The molecule has 0 heterocycles. The minimum Gasteiger partial charge on any atom is -0.320 e. The molecule has 0 aliphatic heterocycles. The summed E-state index contributed by atoms with van der Waals surface area (Å²) in [6, 6.07) is 6.49. The summed E-state index contributed by atoms with van der Waals surface area (Å²) >= 11 is 0. The molecule has 0 amide bonds. The van der Waals surface area contributed by atoms with Gasteiger partial charge in [0.25, 0.3) is 0 Å². The molecule has 0 aliphatic carbocycles. The first-order valence-corrected chi connectivity index (χ1v) is 5.56. The van der Waals surface area contributed by atoms with Crippen molar-refractivity contribution in [1.82, 2.24) is 4.90 Å². The molecule has 0 aliphatic rings. The zero-order chi connectivity index (χ0) is 12.3. The quantitative estimate of drug-likeness (QED) is 0.849. The minimum atomic E-state index is -0.433. The summed E-state index contributed by atoms with van der Waals surface area (Å²) in [4.78, 5) is 2.06. The summed E-state index contributed by atoms with van der Waals surface area (Å²) in [6.07, 6.45) is 0. The van der Waals surface area contributed by atoms with E-state index in [0.717, 1.165) is 12.1 Å². The zero-order valence-electron chi connectivity index (χ0n) is 10.5. The molecule has 1 aromatic rings. The summed E-state index contributed by atoms with van der Waals surface area (Å²) in [5.41, 5.74) is 7.00. The van der Waals surface area contributed by atoms with Gasteiger partial charge in [0, 0.05) is 6.54 Å². The number of benzene rings is 1. The predicted molar refractivity (Wildman–Crippen MR) is 65.7 cm³/mol. The second-order valence-electron chi connectivity index (χ2n) is 4.94. The van der Waals surface area contributed by atoms with Gasteiger partial charge in [0.2, 0.25) is 0 Å². The van der Waals surface area contributed by atoms with Gasteiger partial charge in [-0.15, -0.1) is 0 Å². The molecule has 1 unspecified atom stereocenters. The lowest BCUT2D eigenvalue weighted by Gasteiger charge is -2.36. The summed E-state index contributed by atoms with van der Waals surface area (Å²) in [5, 5.41) is 0. The average molecular weight is 224 g/mol. The van der Waals surface area contributed by atoms with Crippen molar-refractivity contribution < 1.29 is 4.39 Å². The maximum absolute atomic E-state index is 12.9. The normalized spacial score (nSPS) is 15.5. The number of halogens is 1. The van der Waals surface area contributed by atoms with E-state index in [1.165, 1.54) is 12.1 Å². The Hall–Kier alpha value is -0.930. The smallest absolute Gasteiger partial charge is 0.123 e. The molecule has 1 atom stereocenters. The third-order valence-corrected chi connectivity index (χ3v) is 2.99. The summed E-state index contributed by atoms with van der Waals surface area (Å²) < 4.78 is 12.9. The monoisotopic (exact) mass is 224 g/mol. The van der Waals surface area contributed by atoms with E-state index in [1.807, 2.05) is 14.1 Å². The van der Waals surface area contributed by atoms with E-state index in [2.05, 4.69) is 18.7 Å². The summed E-state index contributed by atoms with van der Waals surface area (Å²) in [6.45, 7) is 4.93. The van der Waals surface area contributed by atoms with E-state index in [1.54, 1.807) is 12.1 Å². The molecule has 0 aromatic heterocycles. The van der Waals surface area contributed by atoms with Crippen molar-refractivity contribution in [1.29, 1.82) is 0 Å². The Morgan fingerprint density at radius 3 is 2.12 bits per heavy atom. The molecule has 0 saturated carbocycles. The Morgan fingerprint density at radius 2 is 1.75 bits per heavy atom. The van der Waals surface area contributed by atoms with Crippen molar-refractivity contribution in [2.45, 2.75) is 19.4 Å². The highest BCUT2D eigenvalue weighted by atomic mass is 19.1. The highest BCUT2D eigenvalue weighted by molar-refractivity contribution is 5.26. The van der Waals surface area contributed by atoms with E-state index in [0.29, 0.717) is 5.92 Å². The molecule has 0 saturated heterocycles. The Labute approximate surface area is 97.3 Å². The Balaban J connectivity index is 3.06. The first-order valence-electron chi connectivity index (χ1n) is 5.56. The Kier molecular flexibility index (Phi) is 4.05. The van der Waals surface area contributed by atoms with Gasteiger partial charge >= 0.3 is 0 Å². The van der Waals surface area contributed by atoms with Gasteiger partial charge in [0.05, 0.1) is 5.54 Å². The SMILES string of the molecule is CC(C)C(N)(CN(C)C)c1ccc(F)cc1. The van der Waals surface area contributed by atoms with E-state index in [4.69, 9.17) is 5.73 Å². The maximum atomic E-state index is 12.9. The minimum absolute atomic E-state index is 0.222. The van der Waals surface area contributed by atoms with Crippen molar-refractivity contribution in [2.24, 2.45) is 11.7 Å². The van der Waals surface area contributed by atoms with Crippen molar-refractivity contribution in [3.63, 3.8) is 0 Å². The molecule has 0 radical (unpaired) electrons. The van der Waals surface area contributed by atoms with Crippen LogP contribution >= 0.6 is 0 Å². The third-order valence-electron chi connectivity index (χ3n) is 2.99. The molecule has 3 heteroatoms. The number of hydrogen-bond donors (Lipinski definition) is 1. The maximum Gasteiger partial charge on any atom is 0.123 e. The molecule has 2 N–H and O–H groups in total. The van der Waals surface area contributed by atoms with Gasteiger partial charge in [-0.3, -0.25) is 0 Å². The van der Waals surface area contributed by atoms with Gasteiger partial charge < -0.3 is 10.6 Å². The van der Waals surface area contributed by atoms with Gasteiger partial charge in [-0.2, -0.15) is 0 Å². The molecular formula is C13H21FN2. The Bertz CT molecular complexity index is 332. The van der Waals surface area contributed by atoms with Crippen LogP contribution in [0.3, 0.4) is 0 Å². The standard InChI is InChI=1S/C13H21FN2/c1-10(2)13(15,9-16(3)4)11-5-7-12(14)8-6-11/h5-8,10H,9,15H2,1-4H3. The van der Waals surface area contributed by atoms with Gasteiger partial charge in [-0.25, -0.2) is 4.39 Å². The summed E-state index contributed by atoms with van der Waals surface area (Å²) in [7, 11) is 3.99. The van der Waals surface area contributed by atoms with Crippen molar-refractivity contribution in [3.05, 3.63) is 35.6 Å². The molecular weight excluding hydrogens is 203 g/mol. The van der Waals surface area contributed by atoms with Crippen LogP contribution in [0.1, 0.15) is 19.4 Å². The van der Waals surface area contributed by atoms with Crippen LogP contribution in [0.15, 0.2) is 24.3 Å². The highest BCUT2D eigenvalue weighted by Crippen LogP contribution is 2.27. The lowest BCUT2D eigenvalue weighted by atomic mass is 9.80. The first kappa shape index (κ1) is 13.1. The molecule has 0 spiro atoms. The van der Waals surface area contributed by atoms with E-state index in [9.17, 15) is 4.39 Å². The van der Waals surface area contributed by atoms with Gasteiger partial charge in [-0.05, 0) is 37.7 Å². The molecule has 0 fully saturated rings. The molecule has 90 valence electrons. The average Bonchev–Trinajstić information content (AvgIpc) is 2.17. The van der Waals surface area contributed by atoms with Crippen LogP contribution < -0.4 is 5.73 Å². The van der Waals surface area contributed by atoms with Crippen LogP contribution in [-0.4, -0.2) is 25.5 Å². The number of nitrogens with two attached hydrogens (primary N) is 1. The largest absolute Gasteiger partial charge is 0.320 e. The number of rotatable bonds is 4.